The van der Waals surface area contributed by atoms with E-state index in [0.717, 1.165) is 0 Å². The molecule has 0 saturated carbocycles. The molecule has 0 rings (SSSR count). The second-order valence-electron chi connectivity index (χ2n) is 1.84. The van der Waals surface area contributed by atoms with E-state index in [1.165, 1.54) is 0 Å². The molecule has 0 radical (unpaired) electrons. The lowest BCUT2D eigenvalue weighted by Gasteiger charge is -2.13. The fraction of sp³-hybridized carbons (Fsp3) is 0.800. The zero-order valence-corrected chi connectivity index (χ0v) is 5.48. The lowest BCUT2D eigenvalue weighted by molar-refractivity contribution is -0.283. The molecule has 3 nitrogen and oxygen atoms in total. The van der Waals surface area contributed by atoms with Crippen molar-refractivity contribution in [2.45, 2.75) is 12.3 Å². The summed E-state index contributed by atoms with van der Waals surface area (Å²) in [5, 5.41) is 9.50. The maximum absolute atomic E-state index is 11.9. The minimum absolute atomic E-state index is 0.751. The predicted octanol–water partition coefficient (Wildman–Crippen LogP) is 0.341. The summed E-state index contributed by atoms with van der Waals surface area (Å²) in [5.41, 5.74) is 0. The summed E-state index contributed by atoms with van der Waals surface area (Å²) >= 11 is 0. The Bertz CT molecular complexity index is 137. The molecule has 0 aromatic heterocycles. The van der Waals surface area contributed by atoms with E-state index in [-0.39, 0.29) is 0 Å². The number of carbonyl (C=O) groups excluding carboxylic acids is 1. The first-order chi connectivity index (χ1) is 4.98. The van der Waals surface area contributed by atoms with Crippen molar-refractivity contribution in [1.82, 2.24) is 0 Å². The molecule has 0 aliphatic heterocycles. The summed E-state index contributed by atoms with van der Waals surface area (Å²) in [6.45, 7) is -2.57. The summed E-state index contributed by atoms with van der Waals surface area (Å²) in [7, 11) is 0. The van der Waals surface area contributed by atoms with Crippen molar-refractivity contribution in [2.75, 3.05) is 13.3 Å². The number of carboxylic acid groups (broad SMARTS) is 1. The molecule has 0 aromatic rings. The topological polar surface area (TPSA) is 49.4 Å². The van der Waals surface area contributed by atoms with Crippen molar-refractivity contribution >= 4 is 6.16 Å². The molecule has 0 aromatic carbocycles. The van der Waals surface area contributed by atoms with Gasteiger partial charge in [-0.2, -0.15) is 0 Å². The van der Waals surface area contributed by atoms with Gasteiger partial charge in [0.05, 0.1) is 0 Å². The first kappa shape index (κ1) is 10.1. The Morgan fingerprint density at radius 2 is 2.09 bits per heavy atom. The third-order valence-electron chi connectivity index (χ3n) is 0.883. The van der Waals surface area contributed by atoms with Gasteiger partial charge in [-0.15, -0.1) is 0 Å². The van der Waals surface area contributed by atoms with Gasteiger partial charge < -0.3 is 14.6 Å². The van der Waals surface area contributed by atoms with Crippen LogP contribution in [0.5, 0.6) is 0 Å². The Morgan fingerprint density at radius 3 is 2.45 bits per heavy atom. The van der Waals surface area contributed by atoms with Gasteiger partial charge >= 0.3 is 0 Å². The van der Waals surface area contributed by atoms with Crippen LogP contribution >= 0.6 is 0 Å². The van der Waals surface area contributed by atoms with Gasteiger partial charge in [0.1, 0.15) is 0 Å². The van der Waals surface area contributed by atoms with E-state index in [9.17, 15) is 23.1 Å². The lowest BCUT2D eigenvalue weighted by Crippen LogP contribution is -2.27. The predicted molar refractivity (Wildman–Crippen MR) is 26.9 cm³/mol. The molecule has 0 bridgehead atoms. The Morgan fingerprint density at radius 1 is 1.55 bits per heavy atom. The summed E-state index contributed by atoms with van der Waals surface area (Å²) < 4.78 is 38.8. The number of ether oxygens (including phenoxy) is 1. The van der Waals surface area contributed by atoms with Gasteiger partial charge in [0.25, 0.3) is 12.1 Å². The molecule has 0 amide bonds. The first-order valence-electron chi connectivity index (χ1n) is 2.75. The van der Waals surface area contributed by atoms with Crippen molar-refractivity contribution in [1.29, 1.82) is 0 Å². The average Bonchev–Trinajstić information content (AvgIpc) is 1.87. The van der Waals surface area contributed by atoms with Crippen LogP contribution in [0.15, 0.2) is 0 Å². The number of hydrogen-bond donors (Lipinski definition) is 0. The molecule has 0 heterocycles. The van der Waals surface area contributed by atoms with Crippen LogP contribution in [0.1, 0.15) is 6.42 Å². The molecule has 11 heavy (non-hydrogen) atoms. The second kappa shape index (κ2) is 4.05. The zero-order chi connectivity index (χ0) is 8.91. The van der Waals surface area contributed by atoms with Crippen molar-refractivity contribution in [3.8, 4) is 0 Å². The number of alkyl halides is 3. The third-order valence-corrected chi connectivity index (χ3v) is 0.883. The van der Waals surface area contributed by atoms with Gasteiger partial charge in [-0.1, -0.05) is 0 Å². The summed E-state index contributed by atoms with van der Waals surface area (Å²) in [5.74, 6) is -3.50. The molecule has 6 heteroatoms. The molecule has 0 saturated heterocycles. The van der Waals surface area contributed by atoms with Crippen LogP contribution in [-0.2, 0) is 4.74 Å². The van der Waals surface area contributed by atoms with E-state index >= 15 is 0 Å². The van der Waals surface area contributed by atoms with E-state index < -0.39 is 31.8 Å². The molecular formula is C5H6F3O3-. The average molecular weight is 171 g/mol. The molecule has 0 fully saturated rings. The van der Waals surface area contributed by atoms with Crippen LogP contribution in [-0.4, -0.2) is 25.4 Å². The Labute approximate surface area is 60.8 Å². The van der Waals surface area contributed by atoms with E-state index in [2.05, 4.69) is 4.74 Å². The summed E-state index contributed by atoms with van der Waals surface area (Å²) in [6.07, 6.45) is -2.85. The van der Waals surface area contributed by atoms with Crippen LogP contribution < -0.4 is 5.11 Å². The molecule has 66 valence electrons. The van der Waals surface area contributed by atoms with Crippen LogP contribution in [0.2, 0.25) is 0 Å². The van der Waals surface area contributed by atoms with Crippen molar-refractivity contribution in [3.63, 3.8) is 0 Å². The van der Waals surface area contributed by atoms with Crippen LogP contribution in [0.4, 0.5) is 18.0 Å². The normalized spacial score (nSPS) is 11.2. The van der Waals surface area contributed by atoms with Crippen LogP contribution in [0.25, 0.3) is 0 Å². The van der Waals surface area contributed by atoms with E-state index in [4.69, 9.17) is 0 Å². The van der Waals surface area contributed by atoms with Gasteiger partial charge in [0.2, 0.25) is 0 Å². The van der Waals surface area contributed by atoms with E-state index in [0.29, 0.717) is 0 Å². The fourth-order valence-electron chi connectivity index (χ4n) is 0.351. The van der Waals surface area contributed by atoms with Gasteiger partial charge in [-0.25, -0.2) is 13.2 Å². The van der Waals surface area contributed by atoms with Gasteiger partial charge in [-0.05, 0) is 0 Å². The van der Waals surface area contributed by atoms with Crippen molar-refractivity contribution in [3.05, 3.63) is 0 Å². The number of halogens is 3. The number of rotatable bonds is 4. The minimum Gasteiger partial charge on any atom is -0.549 e. The maximum atomic E-state index is 11.9. The monoisotopic (exact) mass is 171 g/mol. The zero-order valence-electron chi connectivity index (χ0n) is 5.48. The third kappa shape index (κ3) is 5.50. The number of carbonyl (C=O) groups is 1. The van der Waals surface area contributed by atoms with Crippen LogP contribution in [0.3, 0.4) is 0 Å². The van der Waals surface area contributed by atoms with Crippen LogP contribution in [0, 0.1) is 0 Å². The molecule has 0 N–H and O–H groups in total. The minimum atomic E-state index is -3.50. The lowest BCUT2D eigenvalue weighted by atomic mass is 10.3. The molecular weight excluding hydrogens is 165 g/mol. The van der Waals surface area contributed by atoms with Crippen molar-refractivity contribution < 1.29 is 27.8 Å². The number of hydrogen-bond acceptors (Lipinski definition) is 3. The molecule has 0 unspecified atom stereocenters. The molecule has 0 aliphatic rings. The highest BCUT2D eigenvalue weighted by Crippen LogP contribution is 2.18. The maximum Gasteiger partial charge on any atom is 0.277 e. The summed E-state index contributed by atoms with van der Waals surface area (Å²) in [6, 6.07) is 0. The largest absolute Gasteiger partial charge is 0.549 e. The van der Waals surface area contributed by atoms with E-state index in [1.54, 1.807) is 0 Å². The fourth-order valence-corrected chi connectivity index (χ4v) is 0.351. The van der Waals surface area contributed by atoms with Gasteiger partial charge in [0, 0.05) is 13.0 Å². The smallest absolute Gasteiger partial charge is 0.277 e. The first-order valence-corrected chi connectivity index (χ1v) is 2.75. The Kier molecular flexibility index (Phi) is 3.70. The molecule has 0 atom stereocenters. The van der Waals surface area contributed by atoms with Gasteiger partial charge in [-0.3, -0.25) is 0 Å². The quantitative estimate of drug-likeness (QED) is 0.573. The van der Waals surface area contributed by atoms with Crippen molar-refractivity contribution in [2.24, 2.45) is 0 Å². The standard InChI is InChI=1S/C5H7F3O3/c6-3-5(7,8)1-2-11-4(9)10/h1-3H2,(H,9,10)/p-1. The SMILES string of the molecule is O=C([O-])OCCC(F)(F)CF. The second-order valence-corrected chi connectivity index (χ2v) is 1.84. The highest BCUT2D eigenvalue weighted by Gasteiger charge is 2.27. The summed E-state index contributed by atoms with van der Waals surface area (Å²) in [4.78, 5) is 9.50. The van der Waals surface area contributed by atoms with E-state index in [1.807, 2.05) is 0 Å². The highest BCUT2D eigenvalue weighted by atomic mass is 19.3. The highest BCUT2D eigenvalue weighted by molar-refractivity contribution is 5.53. The molecule has 0 aliphatic carbocycles. The van der Waals surface area contributed by atoms with Gasteiger partial charge in [0.15, 0.2) is 6.67 Å². The molecule has 0 spiro atoms. The Hall–Kier alpha value is -0.940. The Balaban J connectivity index is 3.45.